The van der Waals surface area contributed by atoms with Gasteiger partial charge in [0, 0.05) is 18.2 Å². The molecule has 15 heavy (non-hydrogen) atoms. The van der Waals surface area contributed by atoms with Crippen LogP contribution in [0.15, 0.2) is 24.8 Å². The van der Waals surface area contributed by atoms with E-state index < -0.39 is 0 Å². The van der Waals surface area contributed by atoms with Gasteiger partial charge in [-0.2, -0.15) is 5.26 Å². The Balaban J connectivity index is 2.98. The van der Waals surface area contributed by atoms with Crippen LogP contribution in [0, 0.1) is 11.3 Å². The van der Waals surface area contributed by atoms with Crippen LogP contribution in [-0.2, 0) is 4.79 Å². The zero-order chi connectivity index (χ0) is 11.4. The zero-order valence-corrected chi connectivity index (χ0v) is 8.24. The molecule has 1 aromatic carbocycles. The van der Waals surface area contributed by atoms with E-state index in [1.54, 1.807) is 6.07 Å². The number of nitrogens with one attached hydrogen (secondary N) is 1. The van der Waals surface area contributed by atoms with E-state index in [1.807, 2.05) is 6.07 Å². The Bertz CT molecular complexity index is 458. The Morgan fingerprint density at radius 2 is 2.27 bits per heavy atom. The number of carbonyl (C=O) groups is 1. The fourth-order valence-electron chi connectivity index (χ4n) is 1.10. The first-order chi connectivity index (χ1) is 7.04. The molecule has 0 aliphatic rings. The van der Waals surface area contributed by atoms with Crippen molar-refractivity contribution in [3.63, 3.8) is 0 Å². The van der Waals surface area contributed by atoms with E-state index in [4.69, 9.17) is 5.26 Å². The van der Waals surface area contributed by atoms with Crippen molar-refractivity contribution >= 4 is 11.6 Å². The molecule has 1 amide bonds. The second kappa shape index (κ2) is 4.29. The molecule has 0 unspecified atom stereocenters. The van der Waals surface area contributed by atoms with Gasteiger partial charge in [0.15, 0.2) is 0 Å². The number of amides is 1. The Hall–Kier alpha value is -2.28. The highest BCUT2D eigenvalue weighted by Crippen LogP contribution is 2.20. The molecular weight excluding hydrogens is 192 g/mol. The topological polar surface area (TPSA) is 73.1 Å². The number of hydrogen-bond donors (Lipinski definition) is 2. The van der Waals surface area contributed by atoms with Gasteiger partial charge in [-0.05, 0) is 12.1 Å². The maximum atomic E-state index is 10.7. The summed E-state index contributed by atoms with van der Waals surface area (Å²) >= 11 is 0. The van der Waals surface area contributed by atoms with E-state index in [1.165, 1.54) is 19.1 Å². The van der Waals surface area contributed by atoms with Gasteiger partial charge < -0.3 is 10.4 Å². The van der Waals surface area contributed by atoms with Crippen molar-refractivity contribution in [1.82, 2.24) is 5.32 Å². The first-order valence-corrected chi connectivity index (χ1v) is 4.24. The minimum atomic E-state index is -0.233. The van der Waals surface area contributed by atoms with E-state index in [0.29, 0.717) is 11.3 Å². The standard InChI is InChI=1S/C11H10N2O2/c1-7(13-8(2)14)9-3-4-10(6-12)11(15)5-9/h3-5,15H,1H2,2H3,(H,13,14). The largest absolute Gasteiger partial charge is 0.507 e. The fourth-order valence-corrected chi connectivity index (χ4v) is 1.10. The van der Waals surface area contributed by atoms with E-state index in [0.717, 1.165) is 0 Å². The maximum Gasteiger partial charge on any atom is 0.221 e. The summed E-state index contributed by atoms with van der Waals surface area (Å²) in [6.45, 7) is 5.01. The Kier molecular flexibility index (Phi) is 3.09. The molecule has 1 rings (SSSR count). The molecule has 0 fully saturated rings. The minimum Gasteiger partial charge on any atom is -0.507 e. The molecule has 0 bridgehead atoms. The highest BCUT2D eigenvalue weighted by Gasteiger charge is 2.05. The predicted molar refractivity (Wildman–Crippen MR) is 55.7 cm³/mol. The summed E-state index contributed by atoms with van der Waals surface area (Å²) in [5.41, 5.74) is 1.15. The van der Waals surface area contributed by atoms with Gasteiger partial charge in [-0.3, -0.25) is 4.79 Å². The Morgan fingerprint density at radius 3 is 2.73 bits per heavy atom. The molecule has 0 radical (unpaired) electrons. The average Bonchev–Trinajstić information content (AvgIpc) is 2.16. The van der Waals surface area contributed by atoms with Gasteiger partial charge in [0.2, 0.25) is 5.91 Å². The van der Waals surface area contributed by atoms with Gasteiger partial charge in [-0.25, -0.2) is 0 Å². The van der Waals surface area contributed by atoms with E-state index in [2.05, 4.69) is 11.9 Å². The highest BCUT2D eigenvalue weighted by molar-refractivity contribution is 5.84. The first-order valence-electron chi connectivity index (χ1n) is 4.24. The lowest BCUT2D eigenvalue weighted by molar-refractivity contribution is -0.117. The number of nitriles is 1. The highest BCUT2D eigenvalue weighted by atomic mass is 16.3. The number of benzene rings is 1. The van der Waals surface area contributed by atoms with Crippen LogP contribution < -0.4 is 5.32 Å². The van der Waals surface area contributed by atoms with Crippen molar-refractivity contribution in [2.24, 2.45) is 0 Å². The molecule has 0 spiro atoms. The number of rotatable bonds is 2. The lowest BCUT2D eigenvalue weighted by Gasteiger charge is -2.06. The van der Waals surface area contributed by atoms with Crippen LogP contribution in [0.3, 0.4) is 0 Å². The van der Waals surface area contributed by atoms with Gasteiger partial charge in [0.1, 0.15) is 11.8 Å². The van der Waals surface area contributed by atoms with Gasteiger partial charge in [0.25, 0.3) is 0 Å². The molecule has 4 heteroatoms. The predicted octanol–water partition coefficient (Wildman–Crippen LogP) is 1.37. The molecule has 1 aromatic rings. The van der Waals surface area contributed by atoms with E-state index in [-0.39, 0.29) is 17.2 Å². The van der Waals surface area contributed by atoms with Crippen molar-refractivity contribution in [2.75, 3.05) is 0 Å². The fraction of sp³-hybridized carbons (Fsp3) is 0.0909. The summed E-state index contributed by atoms with van der Waals surface area (Å²) in [4.78, 5) is 10.7. The lowest BCUT2D eigenvalue weighted by atomic mass is 10.1. The van der Waals surface area contributed by atoms with Crippen LogP contribution in [0.2, 0.25) is 0 Å². The number of hydrogen-bond acceptors (Lipinski definition) is 3. The maximum absolute atomic E-state index is 10.7. The lowest BCUT2D eigenvalue weighted by Crippen LogP contribution is -2.17. The Labute approximate surface area is 87.5 Å². The monoisotopic (exact) mass is 202 g/mol. The van der Waals surface area contributed by atoms with Crippen molar-refractivity contribution in [1.29, 1.82) is 5.26 Å². The first kappa shape index (κ1) is 10.8. The third kappa shape index (κ3) is 2.58. The molecule has 0 saturated heterocycles. The van der Waals surface area contributed by atoms with Crippen LogP contribution in [0.1, 0.15) is 18.1 Å². The number of phenols is 1. The molecular formula is C11H10N2O2. The molecule has 0 atom stereocenters. The average molecular weight is 202 g/mol. The summed E-state index contributed by atoms with van der Waals surface area (Å²) < 4.78 is 0. The smallest absolute Gasteiger partial charge is 0.221 e. The summed E-state index contributed by atoms with van der Waals surface area (Å²) in [6.07, 6.45) is 0. The molecule has 0 aromatic heterocycles. The SMILES string of the molecule is C=C(NC(C)=O)c1ccc(C#N)c(O)c1. The zero-order valence-electron chi connectivity index (χ0n) is 8.24. The molecule has 76 valence electrons. The summed E-state index contributed by atoms with van der Waals surface area (Å²) in [6, 6.07) is 6.30. The summed E-state index contributed by atoms with van der Waals surface area (Å²) in [5.74, 6) is -0.356. The third-order valence-corrected chi connectivity index (χ3v) is 1.79. The van der Waals surface area contributed by atoms with Gasteiger partial charge >= 0.3 is 0 Å². The second-order valence-electron chi connectivity index (χ2n) is 3.00. The minimum absolute atomic E-state index is 0.124. The Morgan fingerprint density at radius 1 is 1.60 bits per heavy atom. The second-order valence-corrected chi connectivity index (χ2v) is 3.00. The van der Waals surface area contributed by atoms with Gasteiger partial charge in [-0.1, -0.05) is 12.6 Å². The van der Waals surface area contributed by atoms with Gasteiger partial charge in [-0.15, -0.1) is 0 Å². The normalized spacial score (nSPS) is 9.07. The van der Waals surface area contributed by atoms with Crippen molar-refractivity contribution < 1.29 is 9.90 Å². The van der Waals surface area contributed by atoms with Crippen LogP contribution in [0.4, 0.5) is 0 Å². The van der Waals surface area contributed by atoms with Gasteiger partial charge in [0.05, 0.1) is 5.56 Å². The number of carbonyl (C=O) groups excluding carboxylic acids is 1. The molecule has 0 saturated carbocycles. The van der Waals surface area contributed by atoms with Crippen molar-refractivity contribution in [3.8, 4) is 11.8 Å². The quantitative estimate of drug-likeness (QED) is 0.760. The molecule has 0 aliphatic heterocycles. The van der Waals surface area contributed by atoms with E-state index in [9.17, 15) is 9.90 Å². The summed E-state index contributed by atoms with van der Waals surface area (Å²) in [7, 11) is 0. The molecule has 0 aliphatic carbocycles. The summed E-state index contributed by atoms with van der Waals surface area (Å²) in [5, 5.41) is 20.5. The number of nitrogens with zero attached hydrogens (tertiary/aromatic N) is 1. The molecule has 0 heterocycles. The van der Waals surface area contributed by atoms with E-state index >= 15 is 0 Å². The number of aromatic hydroxyl groups is 1. The van der Waals surface area contributed by atoms with Crippen molar-refractivity contribution in [2.45, 2.75) is 6.92 Å². The third-order valence-electron chi connectivity index (χ3n) is 1.79. The van der Waals surface area contributed by atoms with Crippen LogP contribution in [-0.4, -0.2) is 11.0 Å². The van der Waals surface area contributed by atoms with Crippen LogP contribution in [0.5, 0.6) is 5.75 Å². The molecule has 2 N–H and O–H groups in total. The molecule has 4 nitrogen and oxygen atoms in total. The van der Waals surface area contributed by atoms with Crippen LogP contribution >= 0.6 is 0 Å². The number of phenolic OH excluding ortho intramolecular Hbond substituents is 1. The van der Waals surface area contributed by atoms with Crippen LogP contribution in [0.25, 0.3) is 5.70 Å². The van der Waals surface area contributed by atoms with Crippen molar-refractivity contribution in [3.05, 3.63) is 35.9 Å².